The van der Waals surface area contributed by atoms with Crippen molar-refractivity contribution in [1.82, 2.24) is 14.8 Å². The molecule has 5 nitrogen and oxygen atoms in total. The van der Waals surface area contributed by atoms with E-state index in [0.29, 0.717) is 5.56 Å². The monoisotopic (exact) mass is 338 g/mol. The number of benzene rings is 1. The Kier molecular flexibility index (Phi) is 3.57. The average molecular weight is 338 g/mol. The van der Waals surface area contributed by atoms with Gasteiger partial charge in [0.25, 0.3) is 5.91 Å². The van der Waals surface area contributed by atoms with Crippen LogP contribution in [0, 0.1) is 6.92 Å². The van der Waals surface area contributed by atoms with E-state index in [1.165, 1.54) is 0 Å². The fraction of sp³-hybridized carbons (Fsp3) is 0.278. The number of aromatic nitrogens is 3. The summed E-state index contributed by atoms with van der Waals surface area (Å²) in [7, 11) is 1.85. The zero-order valence-corrected chi connectivity index (χ0v) is 14.7. The lowest BCUT2D eigenvalue weighted by atomic mass is 10.1. The summed E-state index contributed by atoms with van der Waals surface area (Å²) in [5.74, 6) is 0.905. The summed E-state index contributed by atoms with van der Waals surface area (Å²) in [6, 6.07) is 10.1. The molecule has 1 amide bonds. The first kappa shape index (κ1) is 15.2. The third-order valence-corrected chi connectivity index (χ3v) is 5.63. The Morgan fingerprint density at radius 1 is 1.33 bits per heavy atom. The van der Waals surface area contributed by atoms with Gasteiger partial charge in [-0.25, -0.2) is 4.98 Å². The molecule has 1 aromatic carbocycles. The van der Waals surface area contributed by atoms with Gasteiger partial charge in [0, 0.05) is 29.4 Å². The Labute approximate surface area is 144 Å². The van der Waals surface area contributed by atoms with E-state index in [9.17, 15) is 4.79 Å². The van der Waals surface area contributed by atoms with Gasteiger partial charge in [0.15, 0.2) is 5.65 Å². The van der Waals surface area contributed by atoms with Crippen LogP contribution in [0.4, 0.5) is 5.69 Å². The molecule has 0 spiro atoms. The van der Waals surface area contributed by atoms with Gasteiger partial charge < -0.3 is 4.90 Å². The Morgan fingerprint density at radius 2 is 2.12 bits per heavy atom. The number of rotatable bonds is 1. The van der Waals surface area contributed by atoms with Crippen LogP contribution in [0.5, 0.6) is 0 Å². The molecule has 0 aliphatic carbocycles. The van der Waals surface area contributed by atoms with Gasteiger partial charge in [-0.15, -0.1) is 11.8 Å². The van der Waals surface area contributed by atoms with Crippen molar-refractivity contribution in [3.63, 3.8) is 0 Å². The number of thioether (sulfide) groups is 1. The molecule has 0 saturated carbocycles. The number of anilines is 1. The van der Waals surface area contributed by atoms with Crippen molar-refractivity contribution in [1.29, 1.82) is 0 Å². The molecule has 0 bridgehead atoms. The van der Waals surface area contributed by atoms with Crippen molar-refractivity contribution in [3.05, 3.63) is 47.8 Å². The molecule has 0 radical (unpaired) electrons. The molecule has 0 saturated heterocycles. The summed E-state index contributed by atoms with van der Waals surface area (Å²) in [5, 5.41) is 5.07. The third-order valence-electron chi connectivity index (χ3n) is 4.33. The second kappa shape index (κ2) is 5.63. The fourth-order valence-corrected chi connectivity index (χ4v) is 4.22. The number of carbonyl (C=O) groups is 1. The maximum atomic E-state index is 13.4. The van der Waals surface area contributed by atoms with Crippen molar-refractivity contribution in [2.24, 2.45) is 7.05 Å². The standard InChI is InChI=1S/C18H18N4OS/c1-11-8-13(14-9-19-21(3)17(14)20-11)18(23)22-12(2)10-24-16-7-5-4-6-15(16)22/h4-9,12H,10H2,1-3H3. The summed E-state index contributed by atoms with van der Waals surface area (Å²) in [6.45, 7) is 4.00. The third kappa shape index (κ3) is 2.29. The van der Waals surface area contributed by atoms with E-state index in [1.54, 1.807) is 22.6 Å². The number of para-hydroxylation sites is 1. The van der Waals surface area contributed by atoms with Crippen LogP contribution in [0.2, 0.25) is 0 Å². The van der Waals surface area contributed by atoms with Crippen molar-refractivity contribution < 1.29 is 4.79 Å². The Hall–Kier alpha value is -2.34. The van der Waals surface area contributed by atoms with Crippen LogP contribution in [0.15, 0.2) is 41.4 Å². The molecule has 6 heteroatoms. The van der Waals surface area contributed by atoms with Crippen molar-refractivity contribution in [3.8, 4) is 0 Å². The minimum absolute atomic E-state index is 0.0127. The molecule has 0 fully saturated rings. The second-order valence-corrected chi connectivity index (χ2v) is 7.18. The largest absolute Gasteiger partial charge is 0.304 e. The smallest absolute Gasteiger partial charge is 0.259 e. The van der Waals surface area contributed by atoms with E-state index in [1.807, 2.05) is 43.1 Å². The lowest BCUT2D eigenvalue weighted by molar-refractivity contribution is 0.0981. The van der Waals surface area contributed by atoms with Gasteiger partial charge in [-0.1, -0.05) is 12.1 Å². The molecule has 0 N–H and O–H groups in total. The van der Waals surface area contributed by atoms with Crippen LogP contribution in [-0.4, -0.2) is 32.5 Å². The molecule has 1 aliphatic rings. The van der Waals surface area contributed by atoms with E-state index in [-0.39, 0.29) is 11.9 Å². The van der Waals surface area contributed by atoms with E-state index in [0.717, 1.165) is 33.1 Å². The lowest BCUT2D eigenvalue weighted by Crippen LogP contribution is -2.42. The molecular weight excluding hydrogens is 320 g/mol. The summed E-state index contributed by atoms with van der Waals surface area (Å²) in [4.78, 5) is 21.0. The predicted octanol–water partition coefficient (Wildman–Crippen LogP) is 3.42. The highest BCUT2D eigenvalue weighted by molar-refractivity contribution is 7.99. The molecule has 3 aromatic rings. The minimum atomic E-state index is 0.0127. The van der Waals surface area contributed by atoms with Gasteiger partial charge in [-0.3, -0.25) is 9.48 Å². The Balaban J connectivity index is 1.88. The van der Waals surface area contributed by atoms with Gasteiger partial charge in [0.1, 0.15) is 0 Å². The summed E-state index contributed by atoms with van der Waals surface area (Å²) in [6.07, 6.45) is 1.73. The van der Waals surface area contributed by atoms with Crippen LogP contribution in [0.1, 0.15) is 23.0 Å². The molecule has 1 aliphatic heterocycles. The average Bonchev–Trinajstić information content (AvgIpc) is 2.94. The fourth-order valence-electron chi connectivity index (χ4n) is 3.16. The number of hydrogen-bond donors (Lipinski definition) is 0. The van der Waals surface area contributed by atoms with Gasteiger partial charge in [0.05, 0.1) is 22.8 Å². The lowest BCUT2D eigenvalue weighted by Gasteiger charge is -2.35. The van der Waals surface area contributed by atoms with Gasteiger partial charge in [-0.05, 0) is 32.0 Å². The van der Waals surface area contributed by atoms with Gasteiger partial charge >= 0.3 is 0 Å². The Bertz CT molecular complexity index is 949. The number of carbonyl (C=O) groups excluding carboxylic acids is 1. The first-order valence-corrected chi connectivity index (χ1v) is 8.89. The molecule has 2 aromatic heterocycles. The molecule has 122 valence electrons. The number of amides is 1. The molecule has 24 heavy (non-hydrogen) atoms. The summed E-state index contributed by atoms with van der Waals surface area (Å²) >= 11 is 1.80. The topological polar surface area (TPSA) is 51.0 Å². The van der Waals surface area contributed by atoms with E-state index < -0.39 is 0 Å². The minimum Gasteiger partial charge on any atom is -0.304 e. The highest BCUT2D eigenvalue weighted by atomic mass is 32.2. The maximum absolute atomic E-state index is 13.4. The Morgan fingerprint density at radius 3 is 2.96 bits per heavy atom. The van der Waals surface area contributed by atoms with Gasteiger partial charge in [0.2, 0.25) is 0 Å². The second-order valence-electron chi connectivity index (χ2n) is 6.12. The van der Waals surface area contributed by atoms with Crippen LogP contribution < -0.4 is 4.90 Å². The van der Waals surface area contributed by atoms with Crippen LogP contribution >= 0.6 is 11.8 Å². The zero-order chi connectivity index (χ0) is 16.8. The van der Waals surface area contributed by atoms with Crippen molar-refractivity contribution >= 4 is 34.4 Å². The first-order valence-electron chi connectivity index (χ1n) is 7.91. The van der Waals surface area contributed by atoms with E-state index >= 15 is 0 Å². The summed E-state index contributed by atoms with van der Waals surface area (Å²) in [5.41, 5.74) is 3.21. The van der Waals surface area contributed by atoms with Crippen LogP contribution in [0.25, 0.3) is 11.0 Å². The maximum Gasteiger partial charge on any atom is 0.259 e. The predicted molar refractivity (Wildman–Crippen MR) is 96.7 cm³/mol. The van der Waals surface area contributed by atoms with Crippen LogP contribution in [-0.2, 0) is 7.05 Å². The van der Waals surface area contributed by atoms with Crippen molar-refractivity contribution in [2.45, 2.75) is 24.8 Å². The van der Waals surface area contributed by atoms with Crippen LogP contribution in [0.3, 0.4) is 0 Å². The van der Waals surface area contributed by atoms with E-state index in [4.69, 9.17) is 0 Å². The normalized spacial score (nSPS) is 17.1. The number of pyridine rings is 1. The van der Waals surface area contributed by atoms with Gasteiger partial charge in [-0.2, -0.15) is 5.10 Å². The highest BCUT2D eigenvalue weighted by Crippen LogP contribution is 2.38. The first-order chi connectivity index (χ1) is 11.6. The highest BCUT2D eigenvalue weighted by Gasteiger charge is 2.30. The molecule has 1 atom stereocenters. The SMILES string of the molecule is Cc1cc(C(=O)N2c3ccccc3SCC2C)c2cnn(C)c2n1. The quantitative estimate of drug-likeness (QED) is 0.682. The number of aryl methyl sites for hydroxylation is 2. The molecule has 3 heterocycles. The summed E-state index contributed by atoms with van der Waals surface area (Å²) < 4.78 is 1.71. The number of fused-ring (bicyclic) bond motifs is 2. The molecule has 4 rings (SSSR count). The number of nitrogens with zero attached hydrogens (tertiary/aromatic N) is 4. The van der Waals surface area contributed by atoms with Crippen molar-refractivity contribution in [2.75, 3.05) is 10.7 Å². The zero-order valence-electron chi connectivity index (χ0n) is 13.9. The number of hydrogen-bond acceptors (Lipinski definition) is 4. The molecule has 1 unspecified atom stereocenters. The molecular formula is C18H18N4OS. The van der Waals surface area contributed by atoms with E-state index in [2.05, 4.69) is 23.1 Å².